The maximum absolute atomic E-state index is 12.8. The van der Waals surface area contributed by atoms with Crippen molar-refractivity contribution in [3.8, 4) is 0 Å². The Kier molecular flexibility index (Phi) is 5.10. The Hall–Kier alpha value is -1.93. The molecule has 25 heavy (non-hydrogen) atoms. The Labute approximate surface area is 144 Å². The molecule has 0 aliphatic carbocycles. The molecule has 0 N–H and O–H groups in total. The van der Waals surface area contributed by atoms with Crippen LogP contribution in [0, 0.1) is 0 Å². The summed E-state index contributed by atoms with van der Waals surface area (Å²) in [6.45, 7) is 5.55. The van der Waals surface area contributed by atoms with Crippen LogP contribution < -0.4 is 0 Å². The molecule has 0 saturated carbocycles. The van der Waals surface area contributed by atoms with Crippen LogP contribution >= 0.6 is 0 Å². The highest BCUT2D eigenvalue weighted by molar-refractivity contribution is 5.27. The standard InChI is InChI=1S/C17H21F3N4O/c1-12-10-24(7-6-23(12)2)11-16-21-15(22-25-16)9-13-4-3-5-14(8-13)17(18,19)20/h3-5,8,12H,6-7,9-11H2,1-2H3/t12-/m0/s1. The lowest BCUT2D eigenvalue weighted by molar-refractivity contribution is -0.137. The van der Waals surface area contributed by atoms with E-state index in [1.165, 1.54) is 6.07 Å². The molecule has 1 aromatic heterocycles. The van der Waals surface area contributed by atoms with Gasteiger partial charge in [0.05, 0.1) is 12.1 Å². The minimum atomic E-state index is -4.35. The molecular formula is C17H21F3N4O. The van der Waals surface area contributed by atoms with Gasteiger partial charge in [-0.15, -0.1) is 0 Å². The fourth-order valence-electron chi connectivity index (χ4n) is 2.93. The lowest BCUT2D eigenvalue weighted by Gasteiger charge is -2.36. The summed E-state index contributed by atoms with van der Waals surface area (Å²) in [6, 6.07) is 5.66. The molecule has 2 aromatic rings. The van der Waals surface area contributed by atoms with Gasteiger partial charge in [-0.25, -0.2) is 0 Å². The summed E-state index contributed by atoms with van der Waals surface area (Å²) in [5.74, 6) is 0.898. The molecule has 1 fully saturated rings. The first-order chi connectivity index (χ1) is 11.8. The van der Waals surface area contributed by atoms with Crippen LogP contribution in [-0.2, 0) is 19.1 Å². The Bertz CT molecular complexity index is 716. The van der Waals surface area contributed by atoms with Gasteiger partial charge in [-0.1, -0.05) is 23.4 Å². The van der Waals surface area contributed by atoms with Crippen molar-refractivity contribution < 1.29 is 17.7 Å². The second kappa shape index (κ2) is 7.13. The first kappa shape index (κ1) is 17.9. The highest BCUT2D eigenvalue weighted by Gasteiger charge is 2.30. The number of piperazine rings is 1. The van der Waals surface area contributed by atoms with Crippen molar-refractivity contribution in [2.24, 2.45) is 0 Å². The quantitative estimate of drug-likeness (QED) is 0.845. The molecule has 0 spiro atoms. The lowest BCUT2D eigenvalue weighted by atomic mass is 10.1. The van der Waals surface area contributed by atoms with Crippen LogP contribution in [0.4, 0.5) is 13.2 Å². The van der Waals surface area contributed by atoms with Gasteiger partial charge in [0.15, 0.2) is 5.82 Å². The molecule has 136 valence electrons. The SMILES string of the molecule is C[C@H]1CN(Cc2nc(Cc3cccc(C(F)(F)F)c3)no2)CCN1C. The van der Waals surface area contributed by atoms with Crippen LogP contribution in [0.1, 0.15) is 29.8 Å². The van der Waals surface area contributed by atoms with E-state index in [0.717, 1.165) is 31.8 Å². The van der Waals surface area contributed by atoms with Gasteiger partial charge < -0.3 is 9.42 Å². The minimum absolute atomic E-state index is 0.215. The molecule has 1 saturated heterocycles. The van der Waals surface area contributed by atoms with E-state index in [2.05, 4.69) is 33.9 Å². The van der Waals surface area contributed by atoms with Crippen LogP contribution in [0.2, 0.25) is 0 Å². The van der Waals surface area contributed by atoms with Gasteiger partial charge in [0, 0.05) is 32.1 Å². The summed E-state index contributed by atoms with van der Waals surface area (Å²) in [7, 11) is 2.10. The van der Waals surface area contributed by atoms with Crippen molar-refractivity contribution >= 4 is 0 Å². The highest BCUT2D eigenvalue weighted by Crippen LogP contribution is 2.29. The lowest BCUT2D eigenvalue weighted by Crippen LogP contribution is -2.49. The third-order valence-electron chi connectivity index (χ3n) is 4.53. The molecule has 1 atom stereocenters. The Morgan fingerprint density at radius 3 is 2.80 bits per heavy atom. The van der Waals surface area contributed by atoms with Gasteiger partial charge >= 0.3 is 6.18 Å². The fraction of sp³-hybridized carbons (Fsp3) is 0.529. The van der Waals surface area contributed by atoms with Crippen molar-refractivity contribution in [2.75, 3.05) is 26.7 Å². The number of rotatable bonds is 4. The van der Waals surface area contributed by atoms with E-state index in [1.54, 1.807) is 6.07 Å². The molecule has 5 nitrogen and oxygen atoms in total. The topological polar surface area (TPSA) is 45.4 Å². The fourth-order valence-corrected chi connectivity index (χ4v) is 2.93. The summed E-state index contributed by atoms with van der Waals surface area (Å²) in [4.78, 5) is 8.86. The highest BCUT2D eigenvalue weighted by atomic mass is 19.4. The van der Waals surface area contributed by atoms with Crippen molar-refractivity contribution in [3.05, 3.63) is 47.1 Å². The van der Waals surface area contributed by atoms with Gasteiger partial charge in [0.1, 0.15) is 0 Å². The maximum atomic E-state index is 12.8. The number of hydrogen-bond acceptors (Lipinski definition) is 5. The summed E-state index contributed by atoms with van der Waals surface area (Å²) in [5, 5.41) is 3.90. The predicted octanol–water partition coefficient (Wildman–Crippen LogP) is 2.82. The van der Waals surface area contributed by atoms with Crippen molar-refractivity contribution in [2.45, 2.75) is 32.1 Å². The minimum Gasteiger partial charge on any atom is -0.338 e. The Morgan fingerprint density at radius 1 is 1.28 bits per heavy atom. The van der Waals surface area contributed by atoms with Gasteiger partial charge in [-0.05, 0) is 25.6 Å². The summed E-state index contributed by atoms with van der Waals surface area (Å²) >= 11 is 0. The van der Waals surface area contributed by atoms with Gasteiger partial charge in [-0.3, -0.25) is 4.90 Å². The molecule has 2 heterocycles. The third kappa shape index (κ3) is 4.58. The van der Waals surface area contributed by atoms with E-state index in [0.29, 0.717) is 29.9 Å². The smallest absolute Gasteiger partial charge is 0.338 e. The third-order valence-corrected chi connectivity index (χ3v) is 4.53. The Morgan fingerprint density at radius 2 is 2.08 bits per heavy atom. The van der Waals surface area contributed by atoms with E-state index >= 15 is 0 Å². The first-order valence-electron chi connectivity index (χ1n) is 8.21. The van der Waals surface area contributed by atoms with Crippen molar-refractivity contribution in [3.63, 3.8) is 0 Å². The first-order valence-corrected chi connectivity index (χ1v) is 8.21. The second-order valence-corrected chi connectivity index (χ2v) is 6.54. The molecular weight excluding hydrogens is 333 g/mol. The zero-order chi connectivity index (χ0) is 18.0. The van der Waals surface area contributed by atoms with E-state index in [9.17, 15) is 13.2 Å². The van der Waals surface area contributed by atoms with Crippen molar-refractivity contribution in [1.29, 1.82) is 0 Å². The average Bonchev–Trinajstić information content (AvgIpc) is 2.97. The zero-order valence-corrected chi connectivity index (χ0v) is 14.3. The van der Waals surface area contributed by atoms with Gasteiger partial charge in [0.2, 0.25) is 5.89 Å². The van der Waals surface area contributed by atoms with Crippen molar-refractivity contribution in [1.82, 2.24) is 19.9 Å². The van der Waals surface area contributed by atoms with E-state index in [4.69, 9.17) is 4.52 Å². The van der Waals surface area contributed by atoms with Gasteiger partial charge in [0.25, 0.3) is 0 Å². The number of hydrogen-bond donors (Lipinski definition) is 0. The van der Waals surface area contributed by atoms with Crippen LogP contribution in [0.5, 0.6) is 0 Å². The molecule has 8 heteroatoms. The van der Waals surface area contributed by atoms with Crippen LogP contribution in [0.25, 0.3) is 0 Å². The monoisotopic (exact) mass is 354 g/mol. The molecule has 1 aliphatic rings. The molecule has 0 bridgehead atoms. The number of alkyl halides is 3. The molecule has 3 rings (SSSR count). The second-order valence-electron chi connectivity index (χ2n) is 6.54. The summed E-state index contributed by atoms with van der Waals surface area (Å²) in [5.41, 5.74) is -0.157. The molecule has 0 radical (unpaired) electrons. The number of halogens is 3. The molecule has 1 aromatic carbocycles. The largest absolute Gasteiger partial charge is 0.416 e. The van der Waals surface area contributed by atoms with Crippen LogP contribution in [-0.4, -0.2) is 52.7 Å². The molecule has 1 aliphatic heterocycles. The van der Waals surface area contributed by atoms with Crippen LogP contribution in [0.3, 0.4) is 0 Å². The Balaban J connectivity index is 1.62. The average molecular weight is 354 g/mol. The molecule has 0 amide bonds. The van der Waals surface area contributed by atoms with E-state index < -0.39 is 11.7 Å². The summed E-state index contributed by atoms with van der Waals surface area (Å²) in [6.07, 6.45) is -4.14. The van der Waals surface area contributed by atoms with Gasteiger partial charge in [-0.2, -0.15) is 18.2 Å². The summed E-state index contributed by atoms with van der Waals surface area (Å²) < 4.78 is 43.6. The van der Waals surface area contributed by atoms with E-state index in [1.807, 2.05) is 0 Å². The predicted molar refractivity (Wildman–Crippen MR) is 85.9 cm³/mol. The van der Waals surface area contributed by atoms with E-state index in [-0.39, 0.29) is 6.42 Å². The van der Waals surface area contributed by atoms with Crippen LogP contribution in [0.15, 0.2) is 28.8 Å². The number of aromatic nitrogens is 2. The number of likely N-dealkylation sites (N-methyl/N-ethyl adjacent to an activating group) is 1. The number of benzene rings is 1. The number of nitrogens with zero attached hydrogens (tertiary/aromatic N) is 4. The molecule has 0 unspecified atom stereocenters. The maximum Gasteiger partial charge on any atom is 0.416 e. The normalized spacial score (nSPS) is 20.1. The zero-order valence-electron chi connectivity index (χ0n) is 14.3.